The number of rotatable bonds is 8. The molecule has 6 nitrogen and oxygen atoms in total. The maximum atomic E-state index is 12.1. The normalized spacial score (nSPS) is 10.4. The van der Waals surface area contributed by atoms with E-state index in [1.165, 1.54) is 0 Å². The zero-order valence-electron chi connectivity index (χ0n) is 15.4. The summed E-state index contributed by atoms with van der Waals surface area (Å²) in [5.41, 5.74) is 2.49. The van der Waals surface area contributed by atoms with Crippen LogP contribution in [0.4, 0.5) is 5.69 Å². The summed E-state index contributed by atoms with van der Waals surface area (Å²) in [5.74, 6) is 2.16. The summed E-state index contributed by atoms with van der Waals surface area (Å²) in [5, 5.41) is 6.95. The highest BCUT2D eigenvalue weighted by molar-refractivity contribution is 5.90. The molecular formula is C21H22N2O4. The Balaban J connectivity index is 1.48. The SMILES string of the molecule is COc1ccc(-c2cc(CCCC(=O)Nc3cccc(OC)c3)no2)cc1. The average Bonchev–Trinajstić information content (AvgIpc) is 3.17. The molecule has 6 heteroatoms. The Morgan fingerprint density at radius 1 is 1.04 bits per heavy atom. The predicted molar refractivity (Wildman–Crippen MR) is 103 cm³/mol. The van der Waals surface area contributed by atoms with Gasteiger partial charge in [-0.15, -0.1) is 0 Å². The molecular weight excluding hydrogens is 344 g/mol. The van der Waals surface area contributed by atoms with E-state index < -0.39 is 0 Å². The molecule has 140 valence electrons. The topological polar surface area (TPSA) is 73.6 Å². The minimum absolute atomic E-state index is 0.0397. The van der Waals surface area contributed by atoms with Crippen molar-refractivity contribution in [1.29, 1.82) is 0 Å². The van der Waals surface area contributed by atoms with Crippen molar-refractivity contribution in [3.8, 4) is 22.8 Å². The Hall–Kier alpha value is -3.28. The van der Waals surface area contributed by atoms with Crippen LogP contribution in [0.25, 0.3) is 11.3 Å². The number of anilines is 1. The van der Waals surface area contributed by atoms with Gasteiger partial charge in [0.2, 0.25) is 5.91 Å². The zero-order valence-corrected chi connectivity index (χ0v) is 15.4. The number of amides is 1. The van der Waals surface area contributed by atoms with Crippen molar-refractivity contribution in [1.82, 2.24) is 5.16 Å². The summed E-state index contributed by atoms with van der Waals surface area (Å²) in [6, 6.07) is 16.8. The molecule has 1 heterocycles. The van der Waals surface area contributed by atoms with Gasteiger partial charge >= 0.3 is 0 Å². The summed E-state index contributed by atoms with van der Waals surface area (Å²) in [4.78, 5) is 12.1. The van der Waals surface area contributed by atoms with Gasteiger partial charge in [0, 0.05) is 29.8 Å². The maximum absolute atomic E-state index is 12.1. The van der Waals surface area contributed by atoms with Crippen LogP contribution in [0.15, 0.2) is 59.1 Å². The lowest BCUT2D eigenvalue weighted by atomic mass is 10.1. The minimum Gasteiger partial charge on any atom is -0.497 e. The summed E-state index contributed by atoms with van der Waals surface area (Å²) < 4.78 is 15.7. The lowest BCUT2D eigenvalue weighted by Crippen LogP contribution is -2.11. The van der Waals surface area contributed by atoms with Crippen LogP contribution < -0.4 is 14.8 Å². The van der Waals surface area contributed by atoms with E-state index in [1.807, 2.05) is 48.5 Å². The van der Waals surface area contributed by atoms with Gasteiger partial charge in [0.25, 0.3) is 0 Å². The summed E-state index contributed by atoms with van der Waals surface area (Å²) in [6.45, 7) is 0. The Bertz CT molecular complexity index is 887. The van der Waals surface area contributed by atoms with Crippen molar-refractivity contribution >= 4 is 11.6 Å². The van der Waals surface area contributed by atoms with Crippen LogP contribution in [0.1, 0.15) is 18.5 Å². The fourth-order valence-corrected chi connectivity index (χ4v) is 2.68. The van der Waals surface area contributed by atoms with Gasteiger partial charge in [-0.2, -0.15) is 0 Å². The number of hydrogen-bond acceptors (Lipinski definition) is 5. The molecule has 0 unspecified atom stereocenters. The zero-order chi connectivity index (χ0) is 19.1. The Labute approximate surface area is 158 Å². The van der Waals surface area contributed by atoms with Crippen LogP contribution in [-0.2, 0) is 11.2 Å². The van der Waals surface area contributed by atoms with Crippen LogP contribution in [0.3, 0.4) is 0 Å². The van der Waals surface area contributed by atoms with Crippen molar-refractivity contribution in [3.05, 3.63) is 60.3 Å². The van der Waals surface area contributed by atoms with Gasteiger partial charge in [-0.3, -0.25) is 4.79 Å². The number of nitrogens with zero attached hydrogens (tertiary/aromatic N) is 1. The van der Waals surface area contributed by atoms with Gasteiger partial charge in [0.15, 0.2) is 5.76 Å². The maximum Gasteiger partial charge on any atom is 0.224 e. The van der Waals surface area contributed by atoms with Gasteiger partial charge in [0.05, 0.1) is 19.9 Å². The summed E-state index contributed by atoms with van der Waals surface area (Å²) in [7, 11) is 3.23. The number of methoxy groups -OCH3 is 2. The fraction of sp³-hybridized carbons (Fsp3) is 0.238. The second-order valence-corrected chi connectivity index (χ2v) is 6.04. The molecule has 0 saturated heterocycles. The molecule has 1 amide bonds. The van der Waals surface area contributed by atoms with Crippen LogP contribution in [0, 0.1) is 0 Å². The first kappa shape index (κ1) is 18.5. The van der Waals surface area contributed by atoms with Gasteiger partial charge in [-0.25, -0.2) is 0 Å². The molecule has 0 aliphatic heterocycles. The molecule has 0 atom stereocenters. The van der Waals surface area contributed by atoms with Crippen molar-refractivity contribution < 1.29 is 18.8 Å². The molecule has 3 rings (SSSR count). The monoisotopic (exact) mass is 366 g/mol. The number of hydrogen-bond donors (Lipinski definition) is 1. The second kappa shape index (κ2) is 8.89. The van der Waals surface area contributed by atoms with E-state index in [-0.39, 0.29) is 5.91 Å². The number of carbonyl (C=O) groups is 1. The number of benzene rings is 2. The molecule has 0 radical (unpaired) electrons. The van der Waals surface area contributed by atoms with Gasteiger partial charge in [-0.05, 0) is 49.2 Å². The third-order valence-corrected chi connectivity index (χ3v) is 4.12. The average molecular weight is 366 g/mol. The fourth-order valence-electron chi connectivity index (χ4n) is 2.68. The van der Waals surface area contributed by atoms with Crippen LogP contribution >= 0.6 is 0 Å². The predicted octanol–water partition coefficient (Wildman–Crippen LogP) is 4.32. The first-order valence-electron chi connectivity index (χ1n) is 8.72. The smallest absolute Gasteiger partial charge is 0.224 e. The molecule has 3 aromatic rings. The van der Waals surface area contributed by atoms with Crippen molar-refractivity contribution in [2.24, 2.45) is 0 Å². The van der Waals surface area contributed by atoms with Crippen LogP contribution in [0.5, 0.6) is 11.5 Å². The van der Waals surface area contributed by atoms with Crippen molar-refractivity contribution in [2.75, 3.05) is 19.5 Å². The summed E-state index contributed by atoms with van der Waals surface area (Å²) >= 11 is 0. The number of aryl methyl sites for hydroxylation is 1. The standard InChI is InChI=1S/C21H22N2O4/c1-25-18-11-9-15(10-12-18)20-14-17(23-27-20)6-4-8-21(24)22-16-5-3-7-19(13-16)26-2/h3,5,7,9-14H,4,6,8H2,1-2H3,(H,22,24). The van der Waals surface area contributed by atoms with Gasteiger partial charge in [-0.1, -0.05) is 11.2 Å². The molecule has 27 heavy (non-hydrogen) atoms. The number of ether oxygens (including phenoxy) is 2. The molecule has 1 N–H and O–H groups in total. The molecule has 0 saturated carbocycles. The van der Waals surface area contributed by atoms with E-state index in [0.29, 0.717) is 30.8 Å². The Morgan fingerprint density at radius 3 is 2.56 bits per heavy atom. The lowest BCUT2D eigenvalue weighted by molar-refractivity contribution is -0.116. The number of nitrogens with one attached hydrogen (secondary N) is 1. The first-order chi connectivity index (χ1) is 13.2. The molecule has 0 aliphatic rings. The largest absolute Gasteiger partial charge is 0.497 e. The molecule has 0 fully saturated rings. The molecule has 0 spiro atoms. The number of carbonyl (C=O) groups excluding carboxylic acids is 1. The first-order valence-corrected chi connectivity index (χ1v) is 8.72. The van der Waals surface area contributed by atoms with Crippen molar-refractivity contribution in [3.63, 3.8) is 0 Å². The molecule has 2 aromatic carbocycles. The Kier molecular flexibility index (Phi) is 6.10. The van der Waals surface area contributed by atoms with E-state index in [9.17, 15) is 4.79 Å². The molecule has 0 bridgehead atoms. The highest BCUT2D eigenvalue weighted by Gasteiger charge is 2.09. The molecule has 0 aliphatic carbocycles. The highest BCUT2D eigenvalue weighted by atomic mass is 16.5. The quantitative estimate of drug-likeness (QED) is 0.643. The van der Waals surface area contributed by atoms with Crippen LogP contribution in [-0.4, -0.2) is 25.3 Å². The third kappa shape index (κ3) is 5.10. The third-order valence-electron chi connectivity index (χ3n) is 4.12. The minimum atomic E-state index is -0.0397. The lowest BCUT2D eigenvalue weighted by Gasteiger charge is -2.06. The van der Waals surface area contributed by atoms with E-state index >= 15 is 0 Å². The van der Waals surface area contributed by atoms with E-state index in [0.717, 1.165) is 22.7 Å². The number of aromatic nitrogens is 1. The molecule has 1 aromatic heterocycles. The van der Waals surface area contributed by atoms with E-state index in [2.05, 4.69) is 10.5 Å². The Morgan fingerprint density at radius 2 is 1.81 bits per heavy atom. The van der Waals surface area contributed by atoms with Crippen molar-refractivity contribution in [2.45, 2.75) is 19.3 Å². The summed E-state index contributed by atoms with van der Waals surface area (Å²) in [6.07, 6.45) is 1.76. The second-order valence-electron chi connectivity index (χ2n) is 6.04. The van der Waals surface area contributed by atoms with Crippen LogP contribution in [0.2, 0.25) is 0 Å². The van der Waals surface area contributed by atoms with Gasteiger partial charge in [0.1, 0.15) is 11.5 Å². The van der Waals surface area contributed by atoms with Gasteiger partial charge < -0.3 is 19.3 Å². The highest BCUT2D eigenvalue weighted by Crippen LogP contribution is 2.23. The van der Waals surface area contributed by atoms with E-state index in [4.69, 9.17) is 14.0 Å². The van der Waals surface area contributed by atoms with E-state index in [1.54, 1.807) is 20.3 Å².